The molecule has 0 aliphatic carbocycles. The maximum absolute atomic E-state index is 15.2. The number of likely N-dealkylation sites (tertiary alicyclic amines) is 2. The van der Waals surface area contributed by atoms with Crippen LogP contribution in [-0.4, -0.2) is 210 Å². The molecule has 0 radical (unpaired) electrons. The van der Waals surface area contributed by atoms with Crippen LogP contribution in [0.3, 0.4) is 0 Å². The fraction of sp³-hybridized carbons (Fsp3) is 0.548. The first-order valence-corrected chi connectivity index (χ1v) is 37.5. The zero-order valence-electron chi connectivity index (χ0n) is 60.6. The summed E-state index contributed by atoms with van der Waals surface area (Å²) < 4.78 is 5.00. The van der Waals surface area contributed by atoms with E-state index in [9.17, 15) is 47.9 Å². The highest BCUT2D eigenvalue weighted by molar-refractivity contribution is 7.98. The molecule has 11 atom stereocenters. The Bertz CT molecular complexity index is 3580. The number of unbranched alkanes of at least 4 members (excludes halogenated alkanes) is 2. The van der Waals surface area contributed by atoms with Gasteiger partial charge in [-0.2, -0.15) is 11.8 Å². The van der Waals surface area contributed by atoms with Crippen molar-refractivity contribution in [2.45, 2.75) is 196 Å². The molecule has 0 spiro atoms. The van der Waals surface area contributed by atoms with Crippen molar-refractivity contribution in [3.63, 3.8) is 0 Å². The summed E-state index contributed by atoms with van der Waals surface area (Å²) in [6, 6.07) is 10.9. The quantitative estimate of drug-likeness (QED) is 0.0115. The van der Waals surface area contributed by atoms with Gasteiger partial charge in [-0.15, -0.1) is 0 Å². The van der Waals surface area contributed by atoms with Crippen LogP contribution in [0.15, 0.2) is 96.1 Å². The maximum Gasteiger partial charge on any atom is 0.328 e. The number of benzene rings is 3. The second kappa shape index (κ2) is 43.6. The van der Waals surface area contributed by atoms with Crippen molar-refractivity contribution in [2.75, 3.05) is 51.8 Å². The summed E-state index contributed by atoms with van der Waals surface area (Å²) in [6.45, 7) is 4.82. The molecule has 32 heteroatoms. The van der Waals surface area contributed by atoms with Crippen LogP contribution in [0, 0.1) is 5.92 Å². The molecule has 21 N–H and O–H groups in total. The molecule has 574 valence electrons. The van der Waals surface area contributed by atoms with Crippen molar-refractivity contribution in [1.82, 2.24) is 57.3 Å². The number of rotatable bonds is 44. The number of hydrogen-bond donors (Lipinski definition) is 15. The number of H-pyrrole nitrogens is 1. The van der Waals surface area contributed by atoms with E-state index in [0.717, 1.165) is 10.9 Å². The Morgan fingerprint density at radius 3 is 1.53 bits per heavy atom. The van der Waals surface area contributed by atoms with Crippen molar-refractivity contribution >= 4 is 99.6 Å². The molecular formula is C73H108N18O13S. The molecule has 6 rings (SSSR count). The maximum atomic E-state index is 15.2. The third-order valence-electron chi connectivity index (χ3n) is 18.5. The van der Waals surface area contributed by atoms with Crippen molar-refractivity contribution in [1.29, 1.82) is 0 Å². The molecule has 0 saturated carbocycles. The number of primary amides is 1. The van der Waals surface area contributed by atoms with Crippen LogP contribution in [0.25, 0.3) is 10.9 Å². The topological polar surface area (TPSA) is 501 Å². The molecule has 3 aromatic carbocycles. The SMILES string of the molecule is COC(=O)[C@H](CCSC)NC(=O)[C@H](CC(C)C)NC(=O)[C@@H](Cc1c[nH]c2ccccc12)NC(=O)[C@H](Cc1ccccc1)NC(=O)[C@@H](Cc1ccccc1)NC(=O)[C@H](CCCCN)NC(=O)[C@H](CC(N)=O)NC(=O)[C@@H]1CCCN1C(=O)[C@H](CCCCN)NC(=O)[C@@H]1CCCN1C(=O)[C@@H](N)CCCN=C(N)N. The Hall–Kier alpha value is -9.66. The smallest absolute Gasteiger partial charge is 0.328 e. The molecule has 105 heavy (non-hydrogen) atoms. The Balaban J connectivity index is 1.24. The summed E-state index contributed by atoms with van der Waals surface area (Å²) in [5, 5.41) is 23.0. The second-order valence-electron chi connectivity index (χ2n) is 27.0. The van der Waals surface area contributed by atoms with Crippen LogP contribution in [0.2, 0.25) is 0 Å². The van der Waals surface area contributed by atoms with Gasteiger partial charge in [-0.1, -0.05) is 92.7 Å². The predicted octanol–water partition coefficient (Wildman–Crippen LogP) is -0.457. The number of nitrogens with zero attached hydrogens (tertiary/aromatic N) is 3. The lowest BCUT2D eigenvalue weighted by atomic mass is 9.99. The van der Waals surface area contributed by atoms with Crippen LogP contribution >= 0.6 is 11.8 Å². The molecule has 2 aliphatic rings. The van der Waals surface area contributed by atoms with Gasteiger partial charge in [-0.3, -0.25) is 57.7 Å². The lowest BCUT2D eigenvalue weighted by molar-refractivity contribution is -0.145. The number of aromatic amines is 1. The van der Waals surface area contributed by atoms with Crippen LogP contribution in [0.1, 0.15) is 127 Å². The number of esters is 1. The lowest BCUT2D eigenvalue weighted by Gasteiger charge is -2.32. The summed E-state index contributed by atoms with van der Waals surface area (Å²) in [4.78, 5) is 181. The largest absolute Gasteiger partial charge is 0.467 e. The summed E-state index contributed by atoms with van der Waals surface area (Å²) in [5.41, 5.74) is 37.2. The zero-order chi connectivity index (χ0) is 76.5. The number of nitrogens with one attached hydrogen (secondary N) is 9. The van der Waals surface area contributed by atoms with Gasteiger partial charge >= 0.3 is 5.97 Å². The van der Waals surface area contributed by atoms with Crippen LogP contribution in [-0.2, 0) is 81.5 Å². The van der Waals surface area contributed by atoms with Crippen LogP contribution < -0.4 is 76.9 Å². The van der Waals surface area contributed by atoms with Gasteiger partial charge in [-0.05, 0) is 144 Å². The number of guanidine groups is 1. The first-order chi connectivity index (χ1) is 50.4. The molecule has 11 amide bonds. The fourth-order valence-electron chi connectivity index (χ4n) is 12.9. The number of hydrogen-bond acceptors (Lipinski definition) is 18. The molecule has 2 saturated heterocycles. The first-order valence-electron chi connectivity index (χ1n) is 36.1. The third-order valence-corrected chi connectivity index (χ3v) is 19.1. The van der Waals surface area contributed by atoms with Gasteiger partial charge in [0.15, 0.2) is 5.96 Å². The average Bonchev–Trinajstić information content (AvgIpc) is 1.72. The van der Waals surface area contributed by atoms with Crippen LogP contribution in [0.4, 0.5) is 0 Å². The highest BCUT2D eigenvalue weighted by atomic mass is 32.2. The number of carbonyl (C=O) groups excluding carboxylic acids is 12. The minimum Gasteiger partial charge on any atom is -0.467 e. The summed E-state index contributed by atoms with van der Waals surface area (Å²) in [6.07, 6.45) is 6.45. The van der Waals surface area contributed by atoms with E-state index >= 15 is 9.59 Å². The van der Waals surface area contributed by atoms with Gasteiger partial charge in [0.25, 0.3) is 0 Å². The number of amides is 11. The Morgan fingerprint density at radius 2 is 1.01 bits per heavy atom. The molecule has 3 heterocycles. The Kier molecular flexibility index (Phi) is 35.0. The van der Waals surface area contributed by atoms with E-state index in [-0.39, 0.29) is 102 Å². The van der Waals surface area contributed by atoms with E-state index in [1.54, 1.807) is 66.9 Å². The number of thioether (sulfide) groups is 1. The average molecular weight is 1480 g/mol. The highest BCUT2D eigenvalue weighted by Crippen LogP contribution is 2.25. The molecule has 4 aromatic rings. The van der Waals surface area contributed by atoms with Gasteiger partial charge in [-0.25, -0.2) is 4.79 Å². The lowest BCUT2D eigenvalue weighted by Crippen LogP contribution is -2.61. The second-order valence-corrected chi connectivity index (χ2v) is 28.0. The monoisotopic (exact) mass is 1480 g/mol. The molecular weight excluding hydrogens is 1370 g/mol. The molecule has 0 bridgehead atoms. The van der Waals surface area contributed by atoms with Gasteiger partial charge in [0, 0.05) is 56.0 Å². The number of aromatic nitrogens is 1. The minimum absolute atomic E-state index is 0.0589. The number of aliphatic imine (C=N–C) groups is 1. The van der Waals surface area contributed by atoms with Gasteiger partial charge in [0.05, 0.1) is 19.6 Å². The number of para-hydroxylation sites is 1. The zero-order valence-corrected chi connectivity index (χ0v) is 61.4. The molecule has 2 fully saturated rings. The Labute approximate surface area is 617 Å². The van der Waals surface area contributed by atoms with Crippen molar-refractivity contribution in [3.8, 4) is 0 Å². The van der Waals surface area contributed by atoms with Crippen molar-refractivity contribution in [2.24, 2.45) is 45.3 Å². The third kappa shape index (κ3) is 26.8. The number of ether oxygens (including phenoxy) is 1. The predicted molar refractivity (Wildman–Crippen MR) is 399 cm³/mol. The Morgan fingerprint density at radius 1 is 0.543 bits per heavy atom. The van der Waals surface area contributed by atoms with Gasteiger partial charge in [0.2, 0.25) is 65.0 Å². The van der Waals surface area contributed by atoms with Gasteiger partial charge in [0.1, 0.15) is 60.4 Å². The van der Waals surface area contributed by atoms with Crippen molar-refractivity contribution < 1.29 is 62.3 Å². The first kappa shape index (κ1) is 84.3. The summed E-state index contributed by atoms with van der Waals surface area (Å²) in [5.74, 6) is -8.75. The standard InChI is InChI=1S/C73H108N18O13S/c1-44(2)38-54(63(94)84-53(31-37-105-4)72(103)104-3)85-66(97)57(41-47-43-81-50-26-12-11-24-48(47)50)88-65(96)56(40-46-22-9-6-10-23-46)87-64(95)55(39-45-20-7-5-8-21-45)86-62(93)51(27-13-15-32-74)82-67(98)58(42-61(77)92)89-69(100)60-30-19-36-91(60)71(102)52(28-14-16-33-75)83-68(99)59-29-18-35-90(59)70(101)49(76)25-17-34-80-73(78)79/h5-12,20-24,26,43-44,49,51-60,81H,13-19,25,27-42,74-76H2,1-4H3,(H2,77,92)(H,82,98)(H,83,99)(H,84,94)(H,85,97)(H,86,93)(H,87,95)(H,88,96)(H,89,100)(H4,78,79,80)/t49-,51-,52-,53-,54-,55+,56-,57+,58-,59-,60-/m0/s1. The van der Waals surface area contributed by atoms with Crippen LogP contribution in [0.5, 0.6) is 0 Å². The van der Waals surface area contributed by atoms with Gasteiger partial charge < -0.3 is 96.5 Å². The summed E-state index contributed by atoms with van der Waals surface area (Å²) in [7, 11) is 1.22. The number of carbonyl (C=O) groups is 12. The van der Waals surface area contributed by atoms with E-state index < -0.39 is 144 Å². The van der Waals surface area contributed by atoms with E-state index in [0.29, 0.717) is 73.9 Å². The van der Waals surface area contributed by atoms with E-state index in [1.165, 1.54) is 28.7 Å². The van der Waals surface area contributed by atoms with Crippen molar-refractivity contribution in [3.05, 3.63) is 108 Å². The van der Waals surface area contributed by atoms with E-state index in [2.05, 4.69) is 52.5 Å². The molecule has 1 aromatic heterocycles. The highest BCUT2D eigenvalue weighted by Gasteiger charge is 2.43. The summed E-state index contributed by atoms with van der Waals surface area (Å²) >= 11 is 1.47. The number of fused-ring (bicyclic) bond motifs is 1. The van der Waals surface area contributed by atoms with E-state index in [1.807, 2.05) is 44.4 Å². The van der Waals surface area contributed by atoms with E-state index in [4.69, 9.17) is 39.1 Å². The normalized spacial score (nSPS) is 16.7. The molecule has 0 unspecified atom stereocenters. The molecule has 2 aliphatic heterocycles. The molecule has 31 nitrogen and oxygen atoms in total. The number of methoxy groups -OCH3 is 1. The minimum atomic E-state index is -1.70. The number of nitrogens with two attached hydrogens (primary N) is 6. The fourth-order valence-corrected chi connectivity index (χ4v) is 13.4.